The Morgan fingerprint density at radius 1 is 1.15 bits per heavy atom. The molecule has 4 heterocycles. The molecule has 2 aliphatic rings. The quantitative estimate of drug-likeness (QED) is 0.869. The molecule has 1 atom stereocenters. The Hall–Kier alpha value is -2.12. The fourth-order valence-corrected chi connectivity index (χ4v) is 4.10. The first-order chi connectivity index (χ1) is 13.3. The molecule has 2 aliphatic heterocycles. The van der Waals surface area contributed by atoms with Crippen LogP contribution in [-0.4, -0.2) is 57.7 Å². The van der Waals surface area contributed by atoms with Gasteiger partial charge in [-0.05, 0) is 51.1 Å². The van der Waals surface area contributed by atoms with Gasteiger partial charge in [-0.3, -0.25) is 0 Å². The molecule has 0 bridgehead atoms. The van der Waals surface area contributed by atoms with Gasteiger partial charge in [-0.2, -0.15) is 0 Å². The second-order valence-electron chi connectivity index (χ2n) is 7.58. The number of likely N-dealkylation sites (tertiary alicyclic amines) is 1. The molecular weight excluding hydrogens is 340 g/mol. The van der Waals surface area contributed by atoms with Crippen LogP contribution >= 0.6 is 0 Å². The number of ether oxygens (including phenoxy) is 1. The molecule has 0 aromatic carbocycles. The van der Waals surface area contributed by atoms with Crippen molar-refractivity contribution in [2.45, 2.75) is 38.5 Å². The summed E-state index contributed by atoms with van der Waals surface area (Å²) in [4.78, 5) is 20.3. The van der Waals surface area contributed by atoms with Gasteiger partial charge in [0, 0.05) is 50.7 Å². The number of hydrogen-bond donors (Lipinski definition) is 1. The van der Waals surface area contributed by atoms with Gasteiger partial charge in [0.25, 0.3) is 0 Å². The highest BCUT2D eigenvalue weighted by molar-refractivity contribution is 5.48. The Morgan fingerprint density at radius 2 is 1.96 bits per heavy atom. The Bertz CT molecular complexity index is 735. The summed E-state index contributed by atoms with van der Waals surface area (Å²) >= 11 is 0. The monoisotopic (exact) mass is 368 g/mol. The van der Waals surface area contributed by atoms with E-state index in [2.05, 4.69) is 31.2 Å². The summed E-state index contributed by atoms with van der Waals surface area (Å²) in [7, 11) is 0. The normalized spacial score (nSPS) is 21.9. The maximum atomic E-state index is 5.50. The van der Waals surface area contributed by atoms with Crippen molar-refractivity contribution >= 4 is 11.8 Å². The van der Waals surface area contributed by atoms with E-state index in [9.17, 15) is 0 Å². The predicted molar refractivity (Wildman–Crippen MR) is 104 cm³/mol. The SMILES string of the molecule is Cc1nc(Nc2ncccn2)cc(C2CCCN(CC3CCOCC3)C2)n1. The smallest absolute Gasteiger partial charge is 0.228 e. The molecule has 27 heavy (non-hydrogen) atoms. The van der Waals surface area contributed by atoms with Gasteiger partial charge >= 0.3 is 0 Å². The van der Waals surface area contributed by atoms with E-state index in [1.807, 2.05) is 6.92 Å². The summed E-state index contributed by atoms with van der Waals surface area (Å²) < 4.78 is 5.50. The Morgan fingerprint density at radius 3 is 2.78 bits per heavy atom. The van der Waals surface area contributed by atoms with Crippen LogP contribution < -0.4 is 5.32 Å². The highest BCUT2D eigenvalue weighted by Crippen LogP contribution is 2.29. The van der Waals surface area contributed by atoms with Gasteiger partial charge in [0.05, 0.1) is 5.69 Å². The van der Waals surface area contributed by atoms with Crippen LogP contribution in [0.2, 0.25) is 0 Å². The average molecular weight is 368 g/mol. The fraction of sp³-hybridized carbons (Fsp3) is 0.600. The molecule has 144 valence electrons. The Labute approximate surface area is 160 Å². The third-order valence-corrected chi connectivity index (χ3v) is 5.44. The largest absolute Gasteiger partial charge is 0.381 e. The number of nitrogens with one attached hydrogen (secondary N) is 1. The summed E-state index contributed by atoms with van der Waals surface area (Å²) in [6.45, 7) is 7.25. The van der Waals surface area contributed by atoms with Gasteiger partial charge in [0.1, 0.15) is 11.6 Å². The third kappa shape index (κ3) is 4.99. The molecule has 2 aromatic rings. The van der Waals surface area contributed by atoms with Crippen molar-refractivity contribution in [3.05, 3.63) is 36.0 Å². The highest BCUT2D eigenvalue weighted by atomic mass is 16.5. The molecule has 0 radical (unpaired) electrons. The Balaban J connectivity index is 1.43. The van der Waals surface area contributed by atoms with E-state index in [0.717, 1.165) is 43.0 Å². The maximum absolute atomic E-state index is 5.50. The van der Waals surface area contributed by atoms with Crippen LogP contribution in [0.25, 0.3) is 0 Å². The van der Waals surface area contributed by atoms with Crippen LogP contribution in [0.4, 0.5) is 11.8 Å². The van der Waals surface area contributed by atoms with Crippen molar-refractivity contribution in [2.75, 3.05) is 38.2 Å². The molecule has 2 aromatic heterocycles. The zero-order chi connectivity index (χ0) is 18.5. The average Bonchev–Trinajstić information content (AvgIpc) is 2.69. The maximum Gasteiger partial charge on any atom is 0.228 e. The van der Waals surface area contributed by atoms with Crippen molar-refractivity contribution in [1.29, 1.82) is 0 Å². The minimum absolute atomic E-state index is 0.456. The molecule has 4 rings (SSSR count). The number of nitrogens with zero attached hydrogens (tertiary/aromatic N) is 5. The molecule has 0 saturated carbocycles. The first kappa shape index (κ1) is 18.3. The van der Waals surface area contributed by atoms with E-state index in [4.69, 9.17) is 9.72 Å². The standard InChI is InChI=1S/C20H28N6O/c1-15-23-18(12-19(24-15)25-20-21-7-3-8-22-20)17-4-2-9-26(14-17)13-16-5-10-27-11-6-16/h3,7-8,12,16-17H,2,4-6,9-11,13-14H2,1H3,(H,21,22,23,24,25). The predicted octanol–water partition coefficient (Wildman–Crippen LogP) is 2.92. The lowest BCUT2D eigenvalue weighted by atomic mass is 9.92. The number of anilines is 2. The number of piperidine rings is 1. The molecule has 1 unspecified atom stereocenters. The number of aromatic nitrogens is 4. The van der Waals surface area contributed by atoms with Crippen molar-refractivity contribution in [2.24, 2.45) is 5.92 Å². The van der Waals surface area contributed by atoms with Crippen LogP contribution in [0, 0.1) is 12.8 Å². The van der Waals surface area contributed by atoms with Crippen molar-refractivity contribution in [3.63, 3.8) is 0 Å². The van der Waals surface area contributed by atoms with Crippen LogP contribution in [-0.2, 0) is 4.74 Å². The van der Waals surface area contributed by atoms with Crippen molar-refractivity contribution in [1.82, 2.24) is 24.8 Å². The van der Waals surface area contributed by atoms with E-state index < -0.39 is 0 Å². The third-order valence-electron chi connectivity index (χ3n) is 5.44. The van der Waals surface area contributed by atoms with E-state index in [1.165, 1.54) is 38.8 Å². The van der Waals surface area contributed by atoms with Crippen LogP contribution in [0.15, 0.2) is 24.5 Å². The van der Waals surface area contributed by atoms with Gasteiger partial charge in [-0.1, -0.05) is 0 Å². The summed E-state index contributed by atoms with van der Waals surface area (Å²) in [5.74, 6) is 3.35. The number of hydrogen-bond acceptors (Lipinski definition) is 7. The van der Waals surface area contributed by atoms with Crippen LogP contribution in [0.5, 0.6) is 0 Å². The molecular formula is C20H28N6O. The number of rotatable bonds is 5. The van der Waals surface area contributed by atoms with Gasteiger partial charge < -0.3 is 15.0 Å². The topological polar surface area (TPSA) is 76.1 Å². The van der Waals surface area contributed by atoms with E-state index >= 15 is 0 Å². The van der Waals surface area contributed by atoms with Gasteiger partial charge in [-0.15, -0.1) is 0 Å². The van der Waals surface area contributed by atoms with Crippen LogP contribution in [0.1, 0.15) is 43.1 Å². The lowest BCUT2D eigenvalue weighted by Crippen LogP contribution is -2.39. The molecule has 2 fully saturated rings. The number of aryl methyl sites for hydroxylation is 1. The molecule has 2 saturated heterocycles. The Kier molecular flexibility index (Phi) is 5.89. The summed E-state index contributed by atoms with van der Waals surface area (Å²) in [6.07, 6.45) is 8.24. The zero-order valence-electron chi connectivity index (χ0n) is 16.0. The molecule has 7 heteroatoms. The zero-order valence-corrected chi connectivity index (χ0v) is 16.0. The molecule has 1 N–H and O–H groups in total. The van der Waals surface area contributed by atoms with Gasteiger partial charge in [-0.25, -0.2) is 19.9 Å². The highest BCUT2D eigenvalue weighted by Gasteiger charge is 2.26. The minimum atomic E-state index is 0.456. The molecule has 0 aliphatic carbocycles. The summed E-state index contributed by atoms with van der Waals surface area (Å²) in [5.41, 5.74) is 1.12. The lowest BCUT2D eigenvalue weighted by molar-refractivity contribution is 0.0481. The van der Waals surface area contributed by atoms with E-state index in [1.54, 1.807) is 18.5 Å². The van der Waals surface area contributed by atoms with E-state index in [0.29, 0.717) is 11.9 Å². The second-order valence-corrected chi connectivity index (χ2v) is 7.58. The molecule has 7 nitrogen and oxygen atoms in total. The summed E-state index contributed by atoms with van der Waals surface area (Å²) in [5, 5.41) is 3.20. The van der Waals surface area contributed by atoms with Gasteiger partial charge in [0.15, 0.2) is 0 Å². The molecule has 0 spiro atoms. The fourth-order valence-electron chi connectivity index (χ4n) is 4.10. The first-order valence-electron chi connectivity index (χ1n) is 9.96. The van der Waals surface area contributed by atoms with Crippen molar-refractivity contribution in [3.8, 4) is 0 Å². The van der Waals surface area contributed by atoms with Crippen LogP contribution in [0.3, 0.4) is 0 Å². The minimum Gasteiger partial charge on any atom is -0.381 e. The van der Waals surface area contributed by atoms with Crippen molar-refractivity contribution < 1.29 is 4.74 Å². The summed E-state index contributed by atoms with van der Waals surface area (Å²) in [6, 6.07) is 3.86. The van der Waals surface area contributed by atoms with Gasteiger partial charge in [0.2, 0.25) is 5.95 Å². The second kappa shape index (κ2) is 8.71. The lowest BCUT2D eigenvalue weighted by Gasteiger charge is -2.36. The first-order valence-corrected chi connectivity index (χ1v) is 9.96. The van der Waals surface area contributed by atoms with E-state index in [-0.39, 0.29) is 0 Å². The molecule has 0 amide bonds.